The minimum Gasteiger partial charge on any atom is -0.479 e. The monoisotopic (exact) mass is 354 g/mol. The second kappa shape index (κ2) is 6.35. The molecule has 0 aliphatic rings. The van der Waals surface area contributed by atoms with Crippen LogP contribution >= 0.6 is 22.6 Å². The number of nitrogens with one attached hydrogen (secondary N) is 2. The van der Waals surface area contributed by atoms with Crippen molar-refractivity contribution in [1.29, 1.82) is 0 Å². The number of urea groups is 1. The van der Waals surface area contributed by atoms with Gasteiger partial charge >= 0.3 is 12.0 Å². The summed E-state index contributed by atoms with van der Waals surface area (Å²) >= 11 is 1.85. The van der Waals surface area contributed by atoms with Gasteiger partial charge in [0.25, 0.3) is 0 Å². The summed E-state index contributed by atoms with van der Waals surface area (Å²) in [5, 5.41) is 10.6. The lowest BCUT2D eigenvalue weighted by Gasteiger charge is -2.08. The third-order valence-electron chi connectivity index (χ3n) is 1.54. The van der Waals surface area contributed by atoms with Crippen LogP contribution < -0.4 is 10.8 Å². The molecular formula is C9H8FIN2O4. The predicted octanol–water partition coefficient (Wildman–Crippen LogP) is 1.57. The number of carboxylic acid groups (broad SMARTS) is 1. The van der Waals surface area contributed by atoms with Gasteiger partial charge in [0, 0.05) is 3.57 Å². The van der Waals surface area contributed by atoms with Crippen LogP contribution in [0.5, 0.6) is 0 Å². The van der Waals surface area contributed by atoms with Gasteiger partial charge in [0.1, 0.15) is 5.82 Å². The number of amides is 2. The zero-order valence-corrected chi connectivity index (χ0v) is 10.5. The van der Waals surface area contributed by atoms with Crippen LogP contribution in [-0.4, -0.2) is 23.7 Å². The molecule has 2 amide bonds. The molecule has 92 valence electrons. The van der Waals surface area contributed by atoms with E-state index in [2.05, 4.69) is 10.2 Å². The first-order valence-electron chi connectivity index (χ1n) is 4.34. The maximum atomic E-state index is 12.8. The molecule has 0 heterocycles. The van der Waals surface area contributed by atoms with Crippen molar-refractivity contribution in [3.8, 4) is 0 Å². The Balaban J connectivity index is 2.48. The van der Waals surface area contributed by atoms with Gasteiger partial charge in [0.2, 0.25) is 0 Å². The topological polar surface area (TPSA) is 87.7 Å². The Morgan fingerprint density at radius 2 is 2.18 bits per heavy atom. The molecule has 0 aromatic heterocycles. The summed E-state index contributed by atoms with van der Waals surface area (Å²) in [5.41, 5.74) is 2.27. The van der Waals surface area contributed by atoms with Crippen LogP contribution in [0.25, 0.3) is 0 Å². The van der Waals surface area contributed by atoms with Crippen LogP contribution in [-0.2, 0) is 9.63 Å². The van der Waals surface area contributed by atoms with E-state index in [1.807, 2.05) is 28.1 Å². The van der Waals surface area contributed by atoms with Crippen LogP contribution in [0.1, 0.15) is 0 Å². The lowest BCUT2D eigenvalue weighted by atomic mass is 10.3. The third kappa shape index (κ3) is 4.95. The highest BCUT2D eigenvalue weighted by Crippen LogP contribution is 2.18. The fourth-order valence-corrected chi connectivity index (χ4v) is 1.51. The Hall–Kier alpha value is -1.42. The summed E-state index contributed by atoms with van der Waals surface area (Å²) in [7, 11) is 0. The Morgan fingerprint density at radius 3 is 2.76 bits per heavy atom. The molecular weight excluding hydrogens is 346 g/mol. The number of aliphatic carboxylic acids is 1. The van der Waals surface area contributed by atoms with E-state index in [1.54, 1.807) is 0 Å². The molecule has 0 unspecified atom stereocenters. The molecule has 0 saturated heterocycles. The Bertz CT molecular complexity index is 441. The summed E-state index contributed by atoms with van der Waals surface area (Å²) in [5.74, 6) is -1.62. The lowest BCUT2D eigenvalue weighted by molar-refractivity contribution is -0.143. The van der Waals surface area contributed by atoms with Gasteiger partial charge < -0.3 is 10.4 Å². The van der Waals surface area contributed by atoms with Gasteiger partial charge in [-0.1, -0.05) is 0 Å². The van der Waals surface area contributed by atoms with Crippen molar-refractivity contribution in [1.82, 2.24) is 5.48 Å². The number of hydrogen-bond donors (Lipinski definition) is 3. The van der Waals surface area contributed by atoms with Crippen LogP contribution in [0.3, 0.4) is 0 Å². The van der Waals surface area contributed by atoms with Crippen LogP contribution in [0.4, 0.5) is 14.9 Å². The van der Waals surface area contributed by atoms with E-state index in [-0.39, 0.29) is 0 Å². The third-order valence-corrected chi connectivity index (χ3v) is 2.43. The predicted molar refractivity (Wildman–Crippen MR) is 64.9 cm³/mol. The van der Waals surface area contributed by atoms with E-state index in [4.69, 9.17) is 5.11 Å². The van der Waals surface area contributed by atoms with Crippen molar-refractivity contribution in [2.75, 3.05) is 11.9 Å². The first-order chi connectivity index (χ1) is 7.99. The molecule has 0 saturated carbocycles. The molecule has 0 fully saturated rings. The first kappa shape index (κ1) is 13.6. The smallest absolute Gasteiger partial charge is 0.343 e. The highest BCUT2D eigenvalue weighted by Gasteiger charge is 2.06. The number of hydroxylamine groups is 1. The van der Waals surface area contributed by atoms with E-state index < -0.39 is 24.4 Å². The molecule has 0 radical (unpaired) electrons. The number of carbonyl (C=O) groups is 2. The molecule has 0 bridgehead atoms. The molecule has 1 aromatic rings. The van der Waals surface area contributed by atoms with E-state index in [1.165, 1.54) is 18.2 Å². The minimum absolute atomic E-state index is 0.392. The van der Waals surface area contributed by atoms with Crippen molar-refractivity contribution in [2.45, 2.75) is 0 Å². The number of anilines is 1. The molecule has 6 nitrogen and oxygen atoms in total. The van der Waals surface area contributed by atoms with E-state index in [9.17, 15) is 14.0 Å². The number of hydrogen-bond acceptors (Lipinski definition) is 3. The van der Waals surface area contributed by atoms with E-state index >= 15 is 0 Å². The van der Waals surface area contributed by atoms with Crippen molar-refractivity contribution in [3.05, 3.63) is 27.6 Å². The molecule has 17 heavy (non-hydrogen) atoms. The van der Waals surface area contributed by atoms with Gasteiger partial charge in [0.05, 0.1) is 5.69 Å². The zero-order valence-electron chi connectivity index (χ0n) is 8.37. The Kier molecular flexibility index (Phi) is 5.10. The molecule has 1 rings (SSSR count). The van der Waals surface area contributed by atoms with Gasteiger partial charge in [-0.2, -0.15) is 0 Å². The molecule has 0 atom stereocenters. The Labute approximate surface area is 109 Å². The average Bonchev–Trinajstić information content (AvgIpc) is 2.21. The maximum absolute atomic E-state index is 12.8. The standard InChI is InChI=1S/C9H8FIN2O4/c10-5-1-2-7(6(11)3-5)12-9(16)13-17-4-8(14)15/h1-3H,4H2,(H,14,15)(H2,12,13,16). The molecule has 8 heteroatoms. The molecule has 3 N–H and O–H groups in total. The second-order valence-electron chi connectivity index (χ2n) is 2.86. The second-order valence-corrected chi connectivity index (χ2v) is 4.02. The summed E-state index contributed by atoms with van der Waals surface area (Å²) in [4.78, 5) is 25.6. The number of carboxylic acids is 1. The fourth-order valence-electron chi connectivity index (χ4n) is 0.902. The van der Waals surface area contributed by atoms with Gasteiger partial charge in [-0.3, -0.25) is 4.84 Å². The minimum atomic E-state index is -1.21. The fraction of sp³-hybridized carbons (Fsp3) is 0.111. The van der Waals surface area contributed by atoms with Crippen LogP contribution in [0.2, 0.25) is 0 Å². The normalized spacial score (nSPS) is 9.76. The SMILES string of the molecule is O=C(O)CONC(=O)Nc1ccc(F)cc1I. The van der Waals surface area contributed by atoms with E-state index in [0.717, 1.165) is 0 Å². The number of carbonyl (C=O) groups excluding carboxylic acids is 1. The number of benzene rings is 1. The zero-order chi connectivity index (χ0) is 12.8. The van der Waals surface area contributed by atoms with Crippen LogP contribution in [0, 0.1) is 9.39 Å². The molecule has 0 aliphatic carbocycles. The van der Waals surface area contributed by atoms with E-state index in [0.29, 0.717) is 9.26 Å². The first-order valence-corrected chi connectivity index (χ1v) is 5.42. The Morgan fingerprint density at radius 1 is 1.47 bits per heavy atom. The largest absolute Gasteiger partial charge is 0.479 e. The van der Waals surface area contributed by atoms with Crippen molar-refractivity contribution in [3.63, 3.8) is 0 Å². The molecule has 0 aliphatic heterocycles. The van der Waals surface area contributed by atoms with Gasteiger partial charge in [0.15, 0.2) is 6.61 Å². The van der Waals surface area contributed by atoms with Crippen molar-refractivity contribution < 1.29 is 23.9 Å². The maximum Gasteiger partial charge on any atom is 0.343 e. The number of halogens is 2. The quantitative estimate of drug-likeness (QED) is 0.566. The molecule has 1 aromatic carbocycles. The van der Waals surface area contributed by atoms with Crippen molar-refractivity contribution >= 4 is 40.3 Å². The average molecular weight is 354 g/mol. The lowest BCUT2D eigenvalue weighted by Crippen LogP contribution is -2.31. The number of rotatable bonds is 4. The highest BCUT2D eigenvalue weighted by molar-refractivity contribution is 14.1. The van der Waals surface area contributed by atoms with Crippen LogP contribution in [0.15, 0.2) is 18.2 Å². The van der Waals surface area contributed by atoms with Gasteiger partial charge in [-0.15, -0.1) is 0 Å². The molecule has 0 spiro atoms. The summed E-state index contributed by atoms with van der Waals surface area (Å²) < 4.78 is 13.3. The van der Waals surface area contributed by atoms with Gasteiger partial charge in [-0.25, -0.2) is 19.5 Å². The summed E-state index contributed by atoms with van der Waals surface area (Å²) in [6.45, 7) is -0.645. The van der Waals surface area contributed by atoms with Crippen molar-refractivity contribution in [2.24, 2.45) is 0 Å². The van der Waals surface area contributed by atoms with Gasteiger partial charge in [-0.05, 0) is 40.8 Å². The summed E-state index contributed by atoms with van der Waals surface area (Å²) in [6, 6.07) is 3.08. The summed E-state index contributed by atoms with van der Waals surface area (Å²) in [6.07, 6.45) is 0. The highest BCUT2D eigenvalue weighted by atomic mass is 127.